The Morgan fingerprint density at radius 3 is 2.90 bits per heavy atom. The highest BCUT2D eigenvalue weighted by molar-refractivity contribution is 5.93. The zero-order valence-electron chi connectivity index (χ0n) is 11.6. The molecular formula is C14H18N4O2. The van der Waals surface area contributed by atoms with Gasteiger partial charge in [0, 0.05) is 25.0 Å². The number of amides is 1. The number of rotatable bonds is 5. The molecule has 0 saturated heterocycles. The van der Waals surface area contributed by atoms with Crippen molar-refractivity contribution >= 4 is 5.91 Å². The van der Waals surface area contributed by atoms with Gasteiger partial charge in [0.2, 0.25) is 0 Å². The number of nitrogens with one attached hydrogen (secondary N) is 2. The second-order valence-corrected chi connectivity index (χ2v) is 4.67. The van der Waals surface area contributed by atoms with E-state index in [2.05, 4.69) is 15.4 Å². The van der Waals surface area contributed by atoms with Crippen molar-refractivity contribution in [3.05, 3.63) is 51.7 Å². The van der Waals surface area contributed by atoms with Crippen molar-refractivity contribution in [2.45, 2.75) is 26.8 Å². The van der Waals surface area contributed by atoms with Gasteiger partial charge in [-0.2, -0.15) is 5.10 Å². The van der Waals surface area contributed by atoms with Gasteiger partial charge in [-0.1, -0.05) is 0 Å². The van der Waals surface area contributed by atoms with Crippen LogP contribution in [0.3, 0.4) is 0 Å². The van der Waals surface area contributed by atoms with Gasteiger partial charge in [0.25, 0.3) is 11.5 Å². The average molecular weight is 274 g/mol. The third-order valence-electron chi connectivity index (χ3n) is 3.00. The lowest BCUT2D eigenvalue weighted by Crippen LogP contribution is -2.30. The lowest BCUT2D eigenvalue weighted by Gasteiger charge is -2.06. The normalized spacial score (nSPS) is 10.5. The number of carbonyl (C=O) groups excluding carboxylic acids is 1. The summed E-state index contributed by atoms with van der Waals surface area (Å²) in [6.45, 7) is 5.20. The van der Waals surface area contributed by atoms with Crippen LogP contribution in [-0.4, -0.2) is 27.2 Å². The van der Waals surface area contributed by atoms with Crippen LogP contribution < -0.4 is 10.9 Å². The van der Waals surface area contributed by atoms with Gasteiger partial charge in [-0.25, -0.2) is 0 Å². The first-order valence-electron chi connectivity index (χ1n) is 6.55. The zero-order chi connectivity index (χ0) is 14.5. The molecule has 2 rings (SSSR count). The molecule has 20 heavy (non-hydrogen) atoms. The maximum atomic E-state index is 11.8. The van der Waals surface area contributed by atoms with Gasteiger partial charge < -0.3 is 10.3 Å². The molecule has 2 aromatic heterocycles. The van der Waals surface area contributed by atoms with E-state index in [1.54, 1.807) is 6.07 Å². The van der Waals surface area contributed by atoms with E-state index in [0.717, 1.165) is 24.4 Å². The molecule has 0 aromatic carbocycles. The van der Waals surface area contributed by atoms with Gasteiger partial charge in [0.15, 0.2) is 0 Å². The van der Waals surface area contributed by atoms with Crippen LogP contribution in [0.5, 0.6) is 0 Å². The van der Waals surface area contributed by atoms with Crippen LogP contribution in [0.2, 0.25) is 0 Å². The van der Waals surface area contributed by atoms with Gasteiger partial charge in [-0.3, -0.25) is 14.3 Å². The lowest BCUT2D eigenvalue weighted by molar-refractivity contribution is 0.0951. The quantitative estimate of drug-likeness (QED) is 0.798. The number of carbonyl (C=O) groups is 1. The van der Waals surface area contributed by atoms with E-state index < -0.39 is 0 Å². The summed E-state index contributed by atoms with van der Waals surface area (Å²) in [7, 11) is 0. The molecule has 6 nitrogen and oxygen atoms in total. The molecule has 106 valence electrons. The zero-order valence-corrected chi connectivity index (χ0v) is 11.6. The molecule has 2 aromatic rings. The summed E-state index contributed by atoms with van der Waals surface area (Å²) in [5, 5.41) is 7.08. The Bertz CT molecular complexity index is 657. The predicted octanol–water partition coefficient (Wildman–Crippen LogP) is 1.01. The van der Waals surface area contributed by atoms with Crippen LogP contribution in [0.1, 0.15) is 28.2 Å². The molecule has 0 bridgehead atoms. The fourth-order valence-electron chi connectivity index (χ4n) is 2.03. The van der Waals surface area contributed by atoms with Gasteiger partial charge in [0.05, 0.1) is 5.69 Å². The summed E-state index contributed by atoms with van der Waals surface area (Å²) in [5.41, 5.74) is 1.86. The standard InChI is InChI=1S/C14H18N4O2/c1-10-9-11(2)18(17-10)8-4-7-16-14(20)12-5-3-6-15-13(12)19/h3,5-6,9H,4,7-8H2,1-2H3,(H,15,19)(H,16,20). The van der Waals surface area contributed by atoms with Crippen LogP contribution in [0.15, 0.2) is 29.2 Å². The van der Waals surface area contributed by atoms with Crippen molar-refractivity contribution < 1.29 is 4.79 Å². The summed E-state index contributed by atoms with van der Waals surface area (Å²) in [4.78, 5) is 25.7. The SMILES string of the molecule is Cc1cc(C)n(CCCNC(=O)c2ccc[nH]c2=O)n1. The molecule has 0 saturated carbocycles. The number of nitrogens with zero attached hydrogens (tertiary/aromatic N) is 2. The van der Waals surface area contributed by atoms with E-state index in [4.69, 9.17) is 0 Å². The van der Waals surface area contributed by atoms with E-state index in [1.165, 1.54) is 12.3 Å². The molecule has 0 spiro atoms. The summed E-state index contributed by atoms with van der Waals surface area (Å²) in [6.07, 6.45) is 2.26. The molecule has 0 fully saturated rings. The Hall–Kier alpha value is -2.37. The van der Waals surface area contributed by atoms with Gasteiger partial charge >= 0.3 is 0 Å². The molecular weight excluding hydrogens is 256 g/mol. The van der Waals surface area contributed by atoms with Crippen LogP contribution in [0, 0.1) is 13.8 Å². The molecule has 2 heterocycles. The first-order valence-corrected chi connectivity index (χ1v) is 6.55. The second-order valence-electron chi connectivity index (χ2n) is 4.67. The van der Waals surface area contributed by atoms with Crippen LogP contribution in [-0.2, 0) is 6.54 Å². The molecule has 2 N–H and O–H groups in total. The number of hydrogen-bond acceptors (Lipinski definition) is 3. The van der Waals surface area contributed by atoms with Crippen LogP contribution in [0.25, 0.3) is 0 Å². The minimum atomic E-state index is -0.372. The van der Waals surface area contributed by atoms with Gasteiger partial charge in [-0.15, -0.1) is 0 Å². The van der Waals surface area contributed by atoms with Crippen molar-refractivity contribution in [1.82, 2.24) is 20.1 Å². The van der Waals surface area contributed by atoms with E-state index in [1.807, 2.05) is 24.6 Å². The fourth-order valence-corrected chi connectivity index (χ4v) is 2.03. The van der Waals surface area contributed by atoms with Crippen molar-refractivity contribution in [2.75, 3.05) is 6.54 Å². The number of pyridine rings is 1. The maximum absolute atomic E-state index is 11.8. The second kappa shape index (κ2) is 6.18. The minimum absolute atomic E-state index is 0.138. The van der Waals surface area contributed by atoms with Crippen molar-refractivity contribution in [2.24, 2.45) is 0 Å². The molecule has 0 aliphatic heterocycles. The third kappa shape index (κ3) is 3.34. The summed E-state index contributed by atoms with van der Waals surface area (Å²) in [6, 6.07) is 5.16. The van der Waals surface area contributed by atoms with Crippen LogP contribution in [0.4, 0.5) is 0 Å². The van der Waals surface area contributed by atoms with Gasteiger partial charge in [0.1, 0.15) is 5.56 Å². The Morgan fingerprint density at radius 1 is 1.45 bits per heavy atom. The summed E-state index contributed by atoms with van der Waals surface area (Å²) >= 11 is 0. The lowest BCUT2D eigenvalue weighted by atomic mass is 10.2. The molecule has 6 heteroatoms. The van der Waals surface area contributed by atoms with E-state index in [-0.39, 0.29) is 17.0 Å². The maximum Gasteiger partial charge on any atom is 0.260 e. The van der Waals surface area contributed by atoms with E-state index >= 15 is 0 Å². The average Bonchev–Trinajstić information content (AvgIpc) is 2.73. The summed E-state index contributed by atoms with van der Waals surface area (Å²) < 4.78 is 1.91. The number of aryl methyl sites for hydroxylation is 3. The Labute approximate surface area is 116 Å². The molecule has 1 amide bonds. The monoisotopic (exact) mass is 274 g/mol. The molecule has 0 atom stereocenters. The van der Waals surface area contributed by atoms with Crippen molar-refractivity contribution in [1.29, 1.82) is 0 Å². The van der Waals surface area contributed by atoms with E-state index in [9.17, 15) is 9.59 Å². The highest BCUT2D eigenvalue weighted by atomic mass is 16.2. The number of aromatic amines is 1. The minimum Gasteiger partial charge on any atom is -0.352 e. The Kier molecular flexibility index (Phi) is 4.34. The Balaban J connectivity index is 1.82. The van der Waals surface area contributed by atoms with E-state index in [0.29, 0.717) is 6.54 Å². The molecule has 0 unspecified atom stereocenters. The highest BCUT2D eigenvalue weighted by Crippen LogP contribution is 2.02. The largest absolute Gasteiger partial charge is 0.352 e. The molecule has 0 aliphatic carbocycles. The van der Waals surface area contributed by atoms with Crippen LogP contribution >= 0.6 is 0 Å². The van der Waals surface area contributed by atoms with Gasteiger partial charge in [-0.05, 0) is 38.5 Å². The molecule has 0 aliphatic rings. The fraction of sp³-hybridized carbons (Fsp3) is 0.357. The number of aromatic nitrogens is 3. The summed E-state index contributed by atoms with van der Waals surface area (Å²) in [5.74, 6) is -0.347. The van der Waals surface area contributed by atoms with Crippen molar-refractivity contribution in [3.8, 4) is 0 Å². The smallest absolute Gasteiger partial charge is 0.260 e. The first-order chi connectivity index (χ1) is 9.58. The molecule has 0 radical (unpaired) electrons. The highest BCUT2D eigenvalue weighted by Gasteiger charge is 2.08. The third-order valence-corrected chi connectivity index (χ3v) is 3.00. The number of hydrogen-bond donors (Lipinski definition) is 2. The Morgan fingerprint density at radius 2 is 2.25 bits per heavy atom. The predicted molar refractivity (Wildman–Crippen MR) is 75.7 cm³/mol. The first kappa shape index (κ1) is 14.0. The van der Waals surface area contributed by atoms with Crippen molar-refractivity contribution in [3.63, 3.8) is 0 Å². The topological polar surface area (TPSA) is 79.8 Å². The number of H-pyrrole nitrogens is 1.